The van der Waals surface area contributed by atoms with E-state index in [-0.39, 0.29) is 32.9 Å². The molecule has 17 heteroatoms. The molecule has 0 saturated heterocycles. The molecule has 2 aromatic carbocycles. The molecule has 3 heterocycles. The van der Waals surface area contributed by atoms with Crippen molar-refractivity contribution in [3.63, 3.8) is 0 Å². The number of phosphoric ester groups is 1. The van der Waals surface area contributed by atoms with Gasteiger partial charge in [-0.3, -0.25) is 14.7 Å². The lowest BCUT2D eigenvalue weighted by Crippen LogP contribution is -2.37. The number of rotatable bonds is 11. The fourth-order valence-electron chi connectivity index (χ4n) is 5.38. The number of allylic oxidation sites excluding steroid dienone is 1. The second-order valence-electron chi connectivity index (χ2n) is 12.9. The van der Waals surface area contributed by atoms with Gasteiger partial charge in [-0.1, -0.05) is 63.2 Å². The summed E-state index contributed by atoms with van der Waals surface area (Å²) in [6.07, 6.45) is 3.98. The van der Waals surface area contributed by atoms with E-state index in [0.29, 0.717) is 51.6 Å². The summed E-state index contributed by atoms with van der Waals surface area (Å²) in [5.41, 5.74) is 1.88. The molecule has 0 radical (unpaired) electrons. The van der Waals surface area contributed by atoms with Crippen LogP contribution in [0.4, 0.5) is 16.2 Å². The van der Waals surface area contributed by atoms with Crippen LogP contribution in [0.25, 0.3) is 27.4 Å². The maximum atomic E-state index is 14.3. The number of phosphoric acid groups is 1. The smallest absolute Gasteiger partial charge is 0.421 e. The number of aryl methyl sites for hydroxylation is 1. The number of nitrogens with one attached hydrogen (secondary N) is 1. The molecule has 3 aromatic heterocycles. The number of halogens is 1. The van der Waals surface area contributed by atoms with Crippen molar-refractivity contribution in [1.29, 1.82) is 5.26 Å². The number of fused-ring (bicyclic) bond motifs is 2. The van der Waals surface area contributed by atoms with Gasteiger partial charge in [0.05, 0.1) is 33.7 Å². The number of anilines is 2. The van der Waals surface area contributed by atoms with Crippen LogP contribution < -0.4 is 15.8 Å². The van der Waals surface area contributed by atoms with Gasteiger partial charge in [-0.25, -0.2) is 18.6 Å². The van der Waals surface area contributed by atoms with Crippen LogP contribution in [0.2, 0.25) is 5.02 Å². The number of carbonyl (C=O) groups excluding carboxylic acids is 1. The standard InChI is InChI=1S/C34H36ClN8O7P/c1-7-20(2)42-17-28(39-40-42)31(24-9-8-10-25-23(24)11-12-41(6)32(25)44)43(33(45)49-19-50-51(46,47)48)22-13-26-29(38-18-34(3,4)5)21(15-36)16-37-30(26)27(35)14-22/h8-14,16-17,31H,2,7,18-19H2,1,3-6H3,(H,37,38)(H2,46,47,48). The largest absolute Gasteiger partial charge is 0.472 e. The molecule has 5 aromatic rings. The minimum Gasteiger partial charge on any atom is -0.421 e. The maximum Gasteiger partial charge on any atom is 0.472 e. The first-order valence-electron chi connectivity index (χ1n) is 15.6. The van der Waals surface area contributed by atoms with Crippen molar-refractivity contribution < 1.29 is 28.4 Å². The summed E-state index contributed by atoms with van der Waals surface area (Å²) in [5.74, 6) is 0. The van der Waals surface area contributed by atoms with Gasteiger partial charge in [0.2, 0.25) is 6.79 Å². The zero-order valence-electron chi connectivity index (χ0n) is 28.5. The number of amides is 1. The molecule has 0 saturated carbocycles. The second-order valence-corrected chi connectivity index (χ2v) is 14.5. The quantitative estimate of drug-likeness (QED) is 0.101. The predicted molar refractivity (Wildman–Crippen MR) is 193 cm³/mol. The Hall–Kier alpha value is -5.10. The van der Waals surface area contributed by atoms with E-state index in [1.165, 1.54) is 21.5 Å². The van der Waals surface area contributed by atoms with Crippen molar-refractivity contribution in [2.24, 2.45) is 12.5 Å². The van der Waals surface area contributed by atoms with Crippen LogP contribution in [0, 0.1) is 16.7 Å². The van der Waals surface area contributed by atoms with Gasteiger partial charge in [-0.05, 0) is 47.1 Å². The fraction of sp³-hybridized carbons (Fsp3) is 0.294. The van der Waals surface area contributed by atoms with Gasteiger partial charge in [-0.15, -0.1) is 5.10 Å². The third kappa shape index (κ3) is 8.12. The summed E-state index contributed by atoms with van der Waals surface area (Å²) in [7, 11) is -3.42. The van der Waals surface area contributed by atoms with E-state index in [2.05, 4.69) is 37.8 Å². The third-order valence-electron chi connectivity index (χ3n) is 7.94. The molecule has 1 amide bonds. The summed E-state index contributed by atoms with van der Waals surface area (Å²) < 4.78 is 24.2. The Morgan fingerprint density at radius 1 is 1.22 bits per heavy atom. The van der Waals surface area contributed by atoms with Crippen molar-refractivity contribution in [2.45, 2.75) is 40.2 Å². The SMILES string of the molecule is C=C(CC)n1cc(C(c2cccc3c(=O)n(C)ccc23)N(C(=O)OCOP(=O)(O)O)c2cc(Cl)c3ncc(C#N)c(NCC(C)(C)C)c3c2)nn1. The summed E-state index contributed by atoms with van der Waals surface area (Å²) in [5, 5.41) is 23.3. The van der Waals surface area contributed by atoms with Gasteiger partial charge >= 0.3 is 13.9 Å². The van der Waals surface area contributed by atoms with Crippen LogP contribution in [-0.4, -0.2) is 53.8 Å². The van der Waals surface area contributed by atoms with Crippen LogP contribution in [0.3, 0.4) is 0 Å². The summed E-state index contributed by atoms with van der Waals surface area (Å²) >= 11 is 6.86. The van der Waals surface area contributed by atoms with Crippen molar-refractivity contribution in [2.75, 3.05) is 23.6 Å². The minimum absolute atomic E-state index is 0.114. The number of carbonyl (C=O) groups is 1. The Balaban J connectivity index is 1.83. The summed E-state index contributed by atoms with van der Waals surface area (Å²) in [4.78, 5) is 51.8. The van der Waals surface area contributed by atoms with Crippen molar-refractivity contribution >= 4 is 64.3 Å². The zero-order chi connectivity index (χ0) is 37.2. The van der Waals surface area contributed by atoms with Crippen molar-refractivity contribution in [1.82, 2.24) is 24.5 Å². The molecule has 1 unspecified atom stereocenters. The van der Waals surface area contributed by atoms with Gasteiger partial charge in [0.15, 0.2) is 0 Å². The number of hydrogen-bond donors (Lipinski definition) is 3. The molecule has 1 atom stereocenters. The number of nitriles is 1. The first-order valence-corrected chi connectivity index (χ1v) is 17.5. The Labute approximate surface area is 297 Å². The molecule has 0 aliphatic heterocycles. The van der Waals surface area contributed by atoms with Gasteiger partial charge < -0.3 is 24.4 Å². The third-order valence-corrected chi connectivity index (χ3v) is 8.67. The molecule has 5 rings (SSSR count). The number of pyridine rings is 2. The van der Waals surface area contributed by atoms with Crippen molar-refractivity contribution in [3.05, 3.63) is 93.8 Å². The highest BCUT2D eigenvalue weighted by Gasteiger charge is 2.35. The first-order chi connectivity index (χ1) is 24.0. The number of aromatic nitrogens is 5. The lowest BCUT2D eigenvalue weighted by molar-refractivity contribution is 0.0427. The molecule has 51 heavy (non-hydrogen) atoms. The van der Waals surface area contributed by atoms with Crippen molar-refractivity contribution in [3.8, 4) is 6.07 Å². The number of nitrogens with zero attached hydrogens (tertiary/aromatic N) is 7. The fourth-order valence-corrected chi connectivity index (χ4v) is 5.83. The molecular formula is C34H36ClN8O7P. The molecular weight excluding hydrogens is 699 g/mol. The molecule has 0 fully saturated rings. The maximum absolute atomic E-state index is 14.3. The lowest BCUT2D eigenvalue weighted by Gasteiger charge is -2.31. The molecule has 266 valence electrons. The molecule has 3 N–H and O–H groups in total. The van der Waals surface area contributed by atoms with E-state index in [4.69, 9.17) is 16.3 Å². The zero-order valence-corrected chi connectivity index (χ0v) is 30.1. The van der Waals surface area contributed by atoms with Crippen LogP contribution in [0.1, 0.15) is 57.0 Å². The number of benzene rings is 2. The first kappa shape index (κ1) is 37.2. The summed E-state index contributed by atoms with van der Waals surface area (Å²) in [6.45, 7) is 11.3. The highest BCUT2D eigenvalue weighted by molar-refractivity contribution is 7.46. The number of hydrogen-bond acceptors (Lipinski definition) is 10. The monoisotopic (exact) mass is 734 g/mol. The van der Waals surface area contributed by atoms with E-state index in [1.54, 1.807) is 49.8 Å². The average molecular weight is 735 g/mol. The average Bonchev–Trinajstić information content (AvgIpc) is 3.56. The topological polar surface area (TPSA) is 198 Å². The van der Waals surface area contributed by atoms with Crippen LogP contribution in [0.15, 0.2) is 66.4 Å². The highest BCUT2D eigenvalue weighted by Crippen LogP contribution is 2.41. The van der Waals surface area contributed by atoms with E-state index >= 15 is 0 Å². The molecule has 0 spiro atoms. The van der Waals surface area contributed by atoms with E-state index < -0.39 is 26.8 Å². The summed E-state index contributed by atoms with van der Waals surface area (Å²) in [6, 6.07) is 10.8. The normalized spacial score (nSPS) is 12.5. The van der Waals surface area contributed by atoms with Crippen LogP contribution in [0.5, 0.6) is 0 Å². The minimum atomic E-state index is -5.03. The molecule has 0 aliphatic rings. The Morgan fingerprint density at radius 2 is 1.96 bits per heavy atom. The lowest BCUT2D eigenvalue weighted by atomic mass is 9.95. The second kappa shape index (κ2) is 14.6. The Kier molecular flexibility index (Phi) is 10.7. The Morgan fingerprint density at radius 3 is 2.63 bits per heavy atom. The number of ether oxygens (including phenoxy) is 1. The van der Waals surface area contributed by atoms with Gasteiger partial charge in [0.25, 0.3) is 5.56 Å². The molecule has 0 aliphatic carbocycles. The predicted octanol–water partition coefficient (Wildman–Crippen LogP) is 6.34. The van der Waals surface area contributed by atoms with Gasteiger partial charge in [-0.2, -0.15) is 5.26 Å². The Bertz CT molecular complexity index is 2300. The van der Waals surface area contributed by atoms with E-state index in [1.807, 2.05) is 27.7 Å². The van der Waals surface area contributed by atoms with E-state index in [0.717, 1.165) is 4.90 Å². The molecule has 15 nitrogen and oxygen atoms in total. The van der Waals surface area contributed by atoms with E-state index in [9.17, 15) is 29.2 Å². The van der Waals surface area contributed by atoms with Gasteiger partial charge in [0, 0.05) is 42.5 Å². The molecule has 0 bridgehead atoms. The highest BCUT2D eigenvalue weighted by atomic mass is 35.5. The van der Waals surface area contributed by atoms with Crippen LogP contribution >= 0.6 is 19.4 Å². The van der Waals surface area contributed by atoms with Crippen LogP contribution in [-0.2, 0) is 20.9 Å². The van der Waals surface area contributed by atoms with Gasteiger partial charge in [0.1, 0.15) is 17.8 Å².